The van der Waals surface area contributed by atoms with Gasteiger partial charge in [0.2, 0.25) is 0 Å². The SMILES string of the molecule is COc1csc(C(N)Cc2cccs2)c1. The minimum absolute atomic E-state index is 0.0811. The number of rotatable bonds is 4. The molecular formula is C11H13NOS2. The molecule has 2 aromatic heterocycles. The summed E-state index contributed by atoms with van der Waals surface area (Å²) in [4.78, 5) is 2.51. The Morgan fingerprint density at radius 2 is 2.33 bits per heavy atom. The van der Waals surface area contributed by atoms with Gasteiger partial charge in [-0.2, -0.15) is 0 Å². The maximum absolute atomic E-state index is 6.12. The fourth-order valence-electron chi connectivity index (χ4n) is 1.38. The van der Waals surface area contributed by atoms with Crippen molar-refractivity contribution in [3.8, 4) is 5.75 Å². The van der Waals surface area contributed by atoms with E-state index in [1.807, 2.05) is 11.4 Å². The largest absolute Gasteiger partial charge is 0.496 e. The van der Waals surface area contributed by atoms with Crippen LogP contribution in [0.4, 0.5) is 0 Å². The fraction of sp³-hybridized carbons (Fsp3) is 0.273. The van der Waals surface area contributed by atoms with E-state index < -0.39 is 0 Å². The van der Waals surface area contributed by atoms with E-state index in [0.29, 0.717) is 0 Å². The lowest BCUT2D eigenvalue weighted by Gasteiger charge is -2.06. The molecular weight excluding hydrogens is 226 g/mol. The highest BCUT2D eigenvalue weighted by atomic mass is 32.1. The van der Waals surface area contributed by atoms with Gasteiger partial charge in [-0.25, -0.2) is 0 Å². The standard InChI is InChI=1S/C11H13NOS2/c1-13-8-5-11(15-7-8)10(12)6-9-3-2-4-14-9/h2-5,7,10H,6,12H2,1H3. The van der Waals surface area contributed by atoms with E-state index in [1.54, 1.807) is 29.8 Å². The number of nitrogens with two attached hydrogens (primary N) is 1. The predicted octanol–water partition coefficient (Wildman–Crippen LogP) is 3.06. The molecule has 0 bridgehead atoms. The van der Waals surface area contributed by atoms with Crippen molar-refractivity contribution in [2.75, 3.05) is 7.11 Å². The lowest BCUT2D eigenvalue weighted by Crippen LogP contribution is -2.10. The molecule has 0 aliphatic carbocycles. The van der Waals surface area contributed by atoms with Crippen molar-refractivity contribution in [3.63, 3.8) is 0 Å². The first-order chi connectivity index (χ1) is 7.29. The minimum Gasteiger partial charge on any atom is -0.496 e. The van der Waals surface area contributed by atoms with E-state index in [9.17, 15) is 0 Å². The van der Waals surface area contributed by atoms with Gasteiger partial charge >= 0.3 is 0 Å². The molecule has 1 atom stereocenters. The van der Waals surface area contributed by atoms with Gasteiger partial charge in [-0.1, -0.05) is 6.07 Å². The van der Waals surface area contributed by atoms with Crippen LogP contribution in [0.25, 0.3) is 0 Å². The molecule has 0 fully saturated rings. The van der Waals surface area contributed by atoms with Crippen LogP contribution in [0.2, 0.25) is 0 Å². The third kappa shape index (κ3) is 2.59. The van der Waals surface area contributed by atoms with Crippen molar-refractivity contribution < 1.29 is 4.74 Å². The van der Waals surface area contributed by atoms with Crippen molar-refractivity contribution in [2.24, 2.45) is 5.73 Å². The normalized spacial score (nSPS) is 12.7. The summed E-state index contributed by atoms with van der Waals surface area (Å²) >= 11 is 3.41. The van der Waals surface area contributed by atoms with Crippen molar-refractivity contribution >= 4 is 22.7 Å². The molecule has 0 spiro atoms. The minimum atomic E-state index is 0.0811. The van der Waals surface area contributed by atoms with Gasteiger partial charge in [-0.3, -0.25) is 0 Å². The summed E-state index contributed by atoms with van der Waals surface area (Å²) in [6, 6.07) is 6.28. The third-order valence-electron chi connectivity index (χ3n) is 2.20. The van der Waals surface area contributed by atoms with Crippen molar-refractivity contribution in [2.45, 2.75) is 12.5 Å². The Hall–Kier alpha value is -0.840. The van der Waals surface area contributed by atoms with Gasteiger partial charge in [0.25, 0.3) is 0 Å². The summed E-state index contributed by atoms with van der Waals surface area (Å²) in [5.74, 6) is 0.900. The van der Waals surface area contributed by atoms with Crippen LogP contribution in [0.1, 0.15) is 15.8 Å². The molecule has 0 radical (unpaired) electrons. The average molecular weight is 239 g/mol. The number of methoxy groups -OCH3 is 1. The summed E-state index contributed by atoms with van der Waals surface area (Å²) in [5.41, 5.74) is 6.12. The van der Waals surface area contributed by atoms with Crippen LogP contribution in [0.3, 0.4) is 0 Å². The zero-order valence-corrected chi connectivity index (χ0v) is 10.1. The predicted molar refractivity (Wildman–Crippen MR) is 65.8 cm³/mol. The molecule has 0 aromatic carbocycles. The monoisotopic (exact) mass is 239 g/mol. The summed E-state index contributed by atoms with van der Waals surface area (Å²) in [7, 11) is 1.68. The Labute approximate surface area is 97.3 Å². The molecule has 2 N–H and O–H groups in total. The highest BCUT2D eigenvalue weighted by Crippen LogP contribution is 2.28. The maximum Gasteiger partial charge on any atom is 0.129 e. The molecule has 0 saturated heterocycles. The zero-order valence-electron chi connectivity index (χ0n) is 8.47. The summed E-state index contributed by atoms with van der Waals surface area (Å²) < 4.78 is 5.14. The zero-order chi connectivity index (χ0) is 10.7. The van der Waals surface area contributed by atoms with Crippen LogP contribution >= 0.6 is 22.7 Å². The number of ether oxygens (including phenoxy) is 1. The number of thiophene rings is 2. The molecule has 2 nitrogen and oxygen atoms in total. The van der Waals surface area contributed by atoms with Gasteiger partial charge in [0.15, 0.2) is 0 Å². The molecule has 15 heavy (non-hydrogen) atoms. The second-order valence-electron chi connectivity index (χ2n) is 3.28. The van der Waals surface area contributed by atoms with Crippen LogP contribution < -0.4 is 10.5 Å². The van der Waals surface area contributed by atoms with Crippen LogP contribution in [0.5, 0.6) is 5.75 Å². The van der Waals surface area contributed by atoms with Gasteiger partial charge in [-0.05, 0) is 17.5 Å². The highest BCUT2D eigenvalue weighted by Gasteiger charge is 2.10. The lowest BCUT2D eigenvalue weighted by atomic mass is 10.1. The first kappa shape index (κ1) is 10.7. The molecule has 4 heteroatoms. The van der Waals surface area contributed by atoms with Gasteiger partial charge in [0.05, 0.1) is 7.11 Å². The molecule has 0 amide bonds. The van der Waals surface area contributed by atoms with Crippen molar-refractivity contribution in [3.05, 3.63) is 38.7 Å². The van der Waals surface area contributed by atoms with Crippen molar-refractivity contribution in [1.29, 1.82) is 0 Å². The molecule has 2 rings (SSSR count). The summed E-state index contributed by atoms with van der Waals surface area (Å²) in [6.45, 7) is 0. The quantitative estimate of drug-likeness (QED) is 0.890. The first-order valence-corrected chi connectivity index (χ1v) is 6.46. The smallest absolute Gasteiger partial charge is 0.129 e. The molecule has 0 saturated carbocycles. The molecule has 80 valence electrons. The highest BCUT2D eigenvalue weighted by molar-refractivity contribution is 7.10. The van der Waals surface area contributed by atoms with Crippen LogP contribution in [0, 0.1) is 0 Å². The Morgan fingerprint density at radius 1 is 1.47 bits per heavy atom. The van der Waals surface area contributed by atoms with E-state index in [-0.39, 0.29) is 6.04 Å². The van der Waals surface area contributed by atoms with Crippen LogP contribution in [-0.2, 0) is 6.42 Å². The maximum atomic E-state index is 6.12. The second-order valence-corrected chi connectivity index (χ2v) is 5.25. The molecule has 2 aromatic rings. The van der Waals surface area contributed by atoms with E-state index in [2.05, 4.69) is 17.5 Å². The van der Waals surface area contributed by atoms with E-state index >= 15 is 0 Å². The molecule has 0 aliphatic rings. The topological polar surface area (TPSA) is 35.2 Å². The molecule has 1 unspecified atom stereocenters. The summed E-state index contributed by atoms with van der Waals surface area (Å²) in [6.07, 6.45) is 0.904. The van der Waals surface area contributed by atoms with E-state index in [0.717, 1.165) is 12.2 Å². The van der Waals surface area contributed by atoms with Gasteiger partial charge in [0, 0.05) is 27.6 Å². The lowest BCUT2D eigenvalue weighted by molar-refractivity contribution is 0.416. The summed E-state index contributed by atoms with van der Waals surface area (Å²) in [5, 5.41) is 4.07. The van der Waals surface area contributed by atoms with Crippen molar-refractivity contribution in [1.82, 2.24) is 0 Å². The first-order valence-electron chi connectivity index (χ1n) is 4.70. The fourth-order valence-corrected chi connectivity index (χ4v) is 3.01. The third-order valence-corrected chi connectivity index (χ3v) is 4.14. The van der Waals surface area contributed by atoms with Gasteiger partial charge in [-0.15, -0.1) is 22.7 Å². The molecule has 2 heterocycles. The average Bonchev–Trinajstić information content (AvgIpc) is 2.86. The molecule has 0 aliphatic heterocycles. The Morgan fingerprint density at radius 3 is 2.93 bits per heavy atom. The Balaban J connectivity index is 2.04. The second kappa shape index (κ2) is 4.79. The van der Waals surface area contributed by atoms with Gasteiger partial charge in [0.1, 0.15) is 5.75 Å². The van der Waals surface area contributed by atoms with Gasteiger partial charge < -0.3 is 10.5 Å². The van der Waals surface area contributed by atoms with Crippen LogP contribution in [-0.4, -0.2) is 7.11 Å². The van der Waals surface area contributed by atoms with E-state index in [4.69, 9.17) is 10.5 Å². The number of hydrogen-bond acceptors (Lipinski definition) is 4. The Kier molecular flexibility index (Phi) is 3.41. The number of hydrogen-bond donors (Lipinski definition) is 1. The van der Waals surface area contributed by atoms with Crippen LogP contribution in [0.15, 0.2) is 29.0 Å². The van der Waals surface area contributed by atoms with E-state index in [1.165, 1.54) is 9.75 Å². The Bertz CT molecular complexity index is 408.